The van der Waals surface area contributed by atoms with Gasteiger partial charge in [0.2, 0.25) is 0 Å². The molecule has 0 bridgehead atoms. The van der Waals surface area contributed by atoms with E-state index >= 15 is 0 Å². The monoisotopic (exact) mass is 310 g/mol. The second kappa shape index (κ2) is 6.71. The fourth-order valence-electron chi connectivity index (χ4n) is 2.29. The van der Waals surface area contributed by atoms with Crippen LogP contribution in [0, 0.1) is 0 Å². The Morgan fingerprint density at radius 1 is 1.50 bits per heavy atom. The molecule has 1 atom stereocenters. The van der Waals surface area contributed by atoms with E-state index in [4.69, 9.17) is 10.5 Å². The average Bonchev–Trinajstić information content (AvgIpc) is 3.19. The minimum atomic E-state index is 0.280. The van der Waals surface area contributed by atoms with Gasteiger partial charge in [-0.2, -0.15) is 0 Å². The van der Waals surface area contributed by atoms with Crippen molar-refractivity contribution in [3.63, 3.8) is 0 Å². The van der Waals surface area contributed by atoms with Gasteiger partial charge in [0.1, 0.15) is 0 Å². The fraction of sp³-hybridized carbons (Fsp3) is 0.538. The van der Waals surface area contributed by atoms with E-state index < -0.39 is 0 Å². The van der Waals surface area contributed by atoms with Crippen molar-refractivity contribution in [3.05, 3.63) is 17.5 Å². The highest BCUT2D eigenvalue weighted by atomic mass is 32.2. The zero-order valence-electron chi connectivity index (χ0n) is 11.2. The summed E-state index contributed by atoms with van der Waals surface area (Å²) >= 11 is 3.35. The third-order valence-corrected chi connectivity index (χ3v) is 5.08. The molecule has 2 N–H and O–H groups in total. The molecule has 108 valence electrons. The molecular weight excluding hydrogens is 292 g/mol. The molecule has 0 amide bonds. The predicted molar refractivity (Wildman–Crippen MR) is 82.1 cm³/mol. The SMILES string of the molecule is NCCSc1nnc(-c2cccs2)n1C[C@H]1CCCO1. The Hall–Kier alpha value is -0.890. The molecule has 0 aliphatic carbocycles. The van der Waals surface area contributed by atoms with Crippen LogP contribution in [0.15, 0.2) is 22.7 Å². The number of nitrogens with two attached hydrogens (primary N) is 1. The molecule has 1 aliphatic rings. The maximum Gasteiger partial charge on any atom is 0.191 e. The van der Waals surface area contributed by atoms with Gasteiger partial charge in [0.25, 0.3) is 0 Å². The topological polar surface area (TPSA) is 66.0 Å². The molecule has 5 nitrogen and oxygen atoms in total. The van der Waals surface area contributed by atoms with Crippen LogP contribution in [0.2, 0.25) is 0 Å². The van der Waals surface area contributed by atoms with Gasteiger partial charge in [0.15, 0.2) is 11.0 Å². The molecule has 0 saturated carbocycles. The van der Waals surface area contributed by atoms with E-state index in [-0.39, 0.29) is 6.10 Å². The van der Waals surface area contributed by atoms with Gasteiger partial charge in [-0.15, -0.1) is 21.5 Å². The molecule has 0 unspecified atom stereocenters. The van der Waals surface area contributed by atoms with E-state index in [0.717, 1.165) is 47.6 Å². The largest absolute Gasteiger partial charge is 0.376 e. The fourth-order valence-corrected chi connectivity index (χ4v) is 3.72. The highest BCUT2D eigenvalue weighted by Crippen LogP contribution is 2.28. The number of thiophene rings is 1. The summed E-state index contributed by atoms with van der Waals surface area (Å²) in [5.74, 6) is 1.80. The number of thioether (sulfide) groups is 1. The van der Waals surface area contributed by atoms with Crippen LogP contribution in [-0.4, -0.2) is 39.8 Å². The Morgan fingerprint density at radius 2 is 2.45 bits per heavy atom. The summed E-state index contributed by atoms with van der Waals surface area (Å²) in [7, 11) is 0. The highest BCUT2D eigenvalue weighted by molar-refractivity contribution is 7.99. The first-order valence-corrected chi connectivity index (χ1v) is 8.66. The molecule has 0 radical (unpaired) electrons. The lowest BCUT2D eigenvalue weighted by Gasteiger charge is -2.14. The molecule has 1 fully saturated rings. The van der Waals surface area contributed by atoms with Crippen LogP contribution < -0.4 is 5.73 Å². The summed E-state index contributed by atoms with van der Waals surface area (Å²) in [5.41, 5.74) is 5.59. The van der Waals surface area contributed by atoms with Crippen molar-refractivity contribution in [2.75, 3.05) is 18.9 Å². The van der Waals surface area contributed by atoms with Gasteiger partial charge >= 0.3 is 0 Å². The molecule has 2 aromatic heterocycles. The lowest BCUT2D eigenvalue weighted by Crippen LogP contribution is -2.16. The normalized spacial score (nSPS) is 18.8. The lowest BCUT2D eigenvalue weighted by molar-refractivity contribution is 0.0953. The van der Waals surface area contributed by atoms with Gasteiger partial charge in [0, 0.05) is 18.9 Å². The third-order valence-electron chi connectivity index (χ3n) is 3.22. The smallest absolute Gasteiger partial charge is 0.191 e. The Bertz CT molecular complexity index is 535. The van der Waals surface area contributed by atoms with Gasteiger partial charge in [-0.25, -0.2) is 0 Å². The number of rotatable bonds is 6. The summed E-state index contributed by atoms with van der Waals surface area (Å²) in [6, 6.07) is 4.12. The highest BCUT2D eigenvalue weighted by Gasteiger charge is 2.21. The molecule has 20 heavy (non-hydrogen) atoms. The van der Waals surface area contributed by atoms with Crippen LogP contribution in [0.5, 0.6) is 0 Å². The predicted octanol–water partition coefficient (Wildman–Crippen LogP) is 2.24. The zero-order valence-corrected chi connectivity index (χ0v) is 12.8. The minimum Gasteiger partial charge on any atom is -0.376 e. The number of hydrogen-bond acceptors (Lipinski definition) is 6. The van der Waals surface area contributed by atoms with E-state index in [2.05, 4.69) is 26.2 Å². The van der Waals surface area contributed by atoms with Gasteiger partial charge in [-0.05, 0) is 24.3 Å². The maximum atomic E-state index is 5.75. The standard InChI is InChI=1S/C13H18N4OS2/c14-5-8-20-13-16-15-12(11-4-2-7-19-11)17(13)9-10-3-1-6-18-10/h2,4,7,10H,1,3,5-6,8-9,14H2/t10-/m1/s1. The van der Waals surface area contributed by atoms with Crippen LogP contribution in [0.3, 0.4) is 0 Å². The van der Waals surface area contributed by atoms with E-state index in [1.807, 2.05) is 6.07 Å². The molecule has 3 heterocycles. The Labute approximate surface area is 126 Å². The first kappa shape index (κ1) is 14.1. The second-order valence-corrected chi connectivity index (χ2v) is 6.68. The van der Waals surface area contributed by atoms with Gasteiger partial charge in [0.05, 0.1) is 17.5 Å². The molecule has 2 aromatic rings. The molecule has 0 aromatic carbocycles. The van der Waals surface area contributed by atoms with Crippen LogP contribution in [-0.2, 0) is 11.3 Å². The van der Waals surface area contributed by atoms with Crippen molar-refractivity contribution in [2.24, 2.45) is 5.73 Å². The average molecular weight is 310 g/mol. The number of aromatic nitrogens is 3. The van der Waals surface area contributed by atoms with Crippen molar-refractivity contribution >= 4 is 23.1 Å². The van der Waals surface area contributed by atoms with Gasteiger partial charge in [-0.3, -0.25) is 4.57 Å². The van der Waals surface area contributed by atoms with Crippen molar-refractivity contribution < 1.29 is 4.74 Å². The molecular formula is C13H18N4OS2. The van der Waals surface area contributed by atoms with E-state index in [9.17, 15) is 0 Å². The molecule has 0 spiro atoms. The van der Waals surface area contributed by atoms with Crippen molar-refractivity contribution in [1.82, 2.24) is 14.8 Å². The first-order chi connectivity index (χ1) is 9.88. The minimum absolute atomic E-state index is 0.280. The van der Waals surface area contributed by atoms with Gasteiger partial charge < -0.3 is 10.5 Å². The quantitative estimate of drug-likeness (QED) is 0.829. The molecule has 1 saturated heterocycles. The first-order valence-electron chi connectivity index (χ1n) is 6.80. The van der Waals surface area contributed by atoms with E-state index in [1.165, 1.54) is 0 Å². The maximum absolute atomic E-state index is 5.75. The number of ether oxygens (including phenoxy) is 1. The number of nitrogens with zero attached hydrogens (tertiary/aromatic N) is 3. The summed E-state index contributed by atoms with van der Waals surface area (Å²) < 4.78 is 7.93. The van der Waals surface area contributed by atoms with Crippen LogP contribution >= 0.6 is 23.1 Å². The lowest BCUT2D eigenvalue weighted by atomic mass is 10.2. The number of hydrogen-bond donors (Lipinski definition) is 1. The summed E-state index contributed by atoms with van der Waals surface area (Å²) in [4.78, 5) is 1.15. The Kier molecular flexibility index (Phi) is 4.72. The third kappa shape index (κ3) is 3.06. The van der Waals surface area contributed by atoms with Crippen LogP contribution in [0.25, 0.3) is 10.7 Å². The van der Waals surface area contributed by atoms with E-state index in [0.29, 0.717) is 6.54 Å². The molecule has 7 heteroatoms. The van der Waals surface area contributed by atoms with Crippen molar-refractivity contribution in [1.29, 1.82) is 0 Å². The summed E-state index contributed by atoms with van der Waals surface area (Å²) in [5, 5.41) is 11.7. The van der Waals surface area contributed by atoms with Crippen LogP contribution in [0.4, 0.5) is 0 Å². The zero-order chi connectivity index (χ0) is 13.8. The molecule has 1 aliphatic heterocycles. The summed E-state index contributed by atoms with van der Waals surface area (Å²) in [6.45, 7) is 2.34. The van der Waals surface area contributed by atoms with E-state index in [1.54, 1.807) is 23.1 Å². The van der Waals surface area contributed by atoms with Crippen molar-refractivity contribution in [2.45, 2.75) is 30.6 Å². The Morgan fingerprint density at radius 3 is 3.15 bits per heavy atom. The van der Waals surface area contributed by atoms with Crippen molar-refractivity contribution in [3.8, 4) is 10.7 Å². The van der Waals surface area contributed by atoms with Crippen LogP contribution in [0.1, 0.15) is 12.8 Å². The molecule has 3 rings (SSSR count). The Balaban J connectivity index is 1.86. The van der Waals surface area contributed by atoms with Gasteiger partial charge in [-0.1, -0.05) is 17.8 Å². The second-order valence-electron chi connectivity index (χ2n) is 4.67. The summed E-state index contributed by atoms with van der Waals surface area (Å²) in [6.07, 6.45) is 2.54.